The summed E-state index contributed by atoms with van der Waals surface area (Å²) in [6, 6.07) is 0. The number of rotatable bonds is 11. The third-order valence-corrected chi connectivity index (χ3v) is 3.08. The van der Waals surface area contributed by atoms with Gasteiger partial charge in [0.15, 0.2) is 0 Å². The average molecular weight is 244 g/mol. The third-order valence-electron chi connectivity index (χ3n) is 3.08. The summed E-state index contributed by atoms with van der Waals surface area (Å²) in [7, 11) is 0. The maximum Gasteiger partial charge on any atom is 0.306 e. The average Bonchev–Trinajstić information content (AvgIpc) is 2.30. The van der Waals surface area contributed by atoms with Crippen molar-refractivity contribution in [3.8, 4) is 0 Å². The van der Waals surface area contributed by atoms with Crippen LogP contribution in [0.1, 0.15) is 65.7 Å². The summed E-state index contributed by atoms with van der Waals surface area (Å²) in [5.41, 5.74) is 0. The lowest BCUT2D eigenvalue weighted by Gasteiger charge is -2.14. The van der Waals surface area contributed by atoms with Gasteiger partial charge in [0.25, 0.3) is 0 Å². The van der Waals surface area contributed by atoms with E-state index in [1.165, 1.54) is 25.7 Å². The molecule has 2 atom stereocenters. The van der Waals surface area contributed by atoms with Crippen LogP contribution in [0.25, 0.3) is 0 Å². The smallest absolute Gasteiger partial charge is 0.306 e. The molecule has 0 fully saturated rings. The van der Waals surface area contributed by atoms with Crippen LogP contribution in [-0.2, 0) is 9.53 Å². The summed E-state index contributed by atoms with van der Waals surface area (Å²) in [6.45, 7) is 6.80. The minimum atomic E-state index is -0.711. The minimum Gasteiger partial charge on any atom is -0.481 e. The fraction of sp³-hybridized carbons (Fsp3) is 0.929. The van der Waals surface area contributed by atoms with Gasteiger partial charge in [0.1, 0.15) is 0 Å². The molecular formula is C14H28O3. The molecule has 0 saturated heterocycles. The Balaban J connectivity index is 3.34. The van der Waals surface area contributed by atoms with Gasteiger partial charge in [-0.15, -0.1) is 0 Å². The van der Waals surface area contributed by atoms with Crippen LogP contribution in [0.2, 0.25) is 0 Å². The van der Waals surface area contributed by atoms with Crippen molar-refractivity contribution in [1.29, 1.82) is 0 Å². The number of hydrogen-bond acceptors (Lipinski definition) is 2. The van der Waals surface area contributed by atoms with Crippen molar-refractivity contribution in [2.75, 3.05) is 6.61 Å². The minimum absolute atomic E-state index is 0.183. The van der Waals surface area contributed by atoms with Gasteiger partial charge in [-0.1, -0.05) is 39.5 Å². The standard InChI is InChI=1S/C14H28O3/c1-4-5-6-7-8-11-17-13(3)10-9-12(2)14(15)16/h12-13H,4-11H2,1-3H3,(H,15,16). The molecule has 0 aromatic rings. The van der Waals surface area contributed by atoms with E-state index in [9.17, 15) is 4.79 Å². The van der Waals surface area contributed by atoms with Gasteiger partial charge < -0.3 is 9.84 Å². The van der Waals surface area contributed by atoms with Gasteiger partial charge >= 0.3 is 5.97 Å². The first kappa shape index (κ1) is 16.4. The van der Waals surface area contributed by atoms with Gasteiger partial charge in [-0.05, 0) is 26.2 Å². The van der Waals surface area contributed by atoms with Crippen LogP contribution in [0.3, 0.4) is 0 Å². The maximum absolute atomic E-state index is 10.6. The van der Waals surface area contributed by atoms with Crippen LogP contribution >= 0.6 is 0 Å². The van der Waals surface area contributed by atoms with Crippen molar-refractivity contribution < 1.29 is 14.6 Å². The second-order valence-corrected chi connectivity index (χ2v) is 4.91. The van der Waals surface area contributed by atoms with Crippen LogP contribution < -0.4 is 0 Å². The fourth-order valence-electron chi connectivity index (χ4n) is 1.68. The van der Waals surface area contributed by atoms with Crippen molar-refractivity contribution in [3.05, 3.63) is 0 Å². The largest absolute Gasteiger partial charge is 0.481 e. The molecule has 0 aliphatic carbocycles. The summed E-state index contributed by atoms with van der Waals surface area (Å²) in [6.07, 6.45) is 7.96. The van der Waals surface area contributed by atoms with E-state index in [0.717, 1.165) is 19.4 Å². The van der Waals surface area contributed by atoms with E-state index >= 15 is 0 Å². The normalized spacial score (nSPS) is 14.5. The molecule has 0 aromatic heterocycles. The summed E-state index contributed by atoms with van der Waals surface area (Å²) in [5.74, 6) is -0.970. The molecular weight excluding hydrogens is 216 g/mol. The molecule has 2 unspecified atom stereocenters. The number of aliphatic carboxylic acids is 1. The molecule has 0 rings (SSSR count). The number of carboxylic acids is 1. The topological polar surface area (TPSA) is 46.5 Å². The molecule has 0 amide bonds. The first-order chi connectivity index (χ1) is 8.07. The molecule has 0 aliphatic rings. The van der Waals surface area contributed by atoms with Crippen molar-refractivity contribution in [3.63, 3.8) is 0 Å². The van der Waals surface area contributed by atoms with E-state index in [0.29, 0.717) is 6.42 Å². The molecule has 1 N–H and O–H groups in total. The highest BCUT2D eigenvalue weighted by molar-refractivity contribution is 5.69. The van der Waals surface area contributed by atoms with Gasteiger partial charge in [-0.25, -0.2) is 0 Å². The molecule has 3 nitrogen and oxygen atoms in total. The Bertz CT molecular complexity index is 192. The highest BCUT2D eigenvalue weighted by Crippen LogP contribution is 2.11. The van der Waals surface area contributed by atoms with Crippen molar-refractivity contribution in [2.45, 2.75) is 71.8 Å². The molecule has 0 aliphatic heterocycles. The Labute approximate surface area is 106 Å². The Morgan fingerprint density at radius 1 is 1.12 bits per heavy atom. The van der Waals surface area contributed by atoms with Gasteiger partial charge in [0.05, 0.1) is 12.0 Å². The number of carbonyl (C=O) groups is 1. The van der Waals surface area contributed by atoms with Crippen LogP contribution in [-0.4, -0.2) is 23.8 Å². The van der Waals surface area contributed by atoms with E-state index in [4.69, 9.17) is 9.84 Å². The molecule has 102 valence electrons. The maximum atomic E-state index is 10.6. The molecule has 3 heteroatoms. The second kappa shape index (κ2) is 10.6. The zero-order valence-electron chi connectivity index (χ0n) is 11.6. The summed E-state index contributed by atoms with van der Waals surface area (Å²) in [5, 5.41) is 8.75. The highest BCUT2D eigenvalue weighted by Gasteiger charge is 2.12. The van der Waals surface area contributed by atoms with Gasteiger partial charge in [0, 0.05) is 6.61 Å². The molecule has 0 bridgehead atoms. The molecule has 0 aromatic carbocycles. The van der Waals surface area contributed by atoms with Crippen LogP contribution in [0.5, 0.6) is 0 Å². The first-order valence-corrected chi connectivity index (χ1v) is 6.92. The second-order valence-electron chi connectivity index (χ2n) is 4.91. The monoisotopic (exact) mass is 244 g/mol. The zero-order chi connectivity index (χ0) is 13.1. The van der Waals surface area contributed by atoms with E-state index in [1.807, 2.05) is 6.92 Å². The number of carboxylic acid groups (broad SMARTS) is 1. The fourth-order valence-corrected chi connectivity index (χ4v) is 1.68. The van der Waals surface area contributed by atoms with Crippen LogP contribution in [0, 0.1) is 5.92 Å². The van der Waals surface area contributed by atoms with E-state index in [-0.39, 0.29) is 12.0 Å². The van der Waals surface area contributed by atoms with Crippen molar-refractivity contribution in [2.24, 2.45) is 5.92 Å². The first-order valence-electron chi connectivity index (χ1n) is 6.92. The van der Waals surface area contributed by atoms with Gasteiger partial charge in [0.2, 0.25) is 0 Å². The van der Waals surface area contributed by atoms with E-state index < -0.39 is 5.97 Å². The van der Waals surface area contributed by atoms with Crippen molar-refractivity contribution in [1.82, 2.24) is 0 Å². The number of ether oxygens (including phenoxy) is 1. The number of unbranched alkanes of at least 4 members (excludes halogenated alkanes) is 4. The van der Waals surface area contributed by atoms with Gasteiger partial charge in [-0.2, -0.15) is 0 Å². The predicted octanol–water partition coefficient (Wildman–Crippen LogP) is 3.86. The molecule has 17 heavy (non-hydrogen) atoms. The zero-order valence-corrected chi connectivity index (χ0v) is 11.6. The summed E-state index contributed by atoms with van der Waals surface area (Å²) in [4.78, 5) is 10.6. The quantitative estimate of drug-likeness (QED) is 0.561. The molecule has 0 heterocycles. The van der Waals surface area contributed by atoms with Crippen LogP contribution in [0.4, 0.5) is 0 Å². The molecule has 0 radical (unpaired) electrons. The Hall–Kier alpha value is -0.570. The Kier molecular flexibility index (Phi) is 10.2. The summed E-state index contributed by atoms with van der Waals surface area (Å²) >= 11 is 0. The van der Waals surface area contributed by atoms with Crippen LogP contribution in [0.15, 0.2) is 0 Å². The molecule has 0 saturated carbocycles. The Morgan fingerprint density at radius 2 is 1.76 bits per heavy atom. The Morgan fingerprint density at radius 3 is 2.35 bits per heavy atom. The molecule has 0 spiro atoms. The van der Waals surface area contributed by atoms with Crippen molar-refractivity contribution >= 4 is 5.97 Å². The lowest BCUT2D eigenvalue weighted by molar-refractivity contribution is -0.141. The van der Waals surface area contributed by atoms with E-state index in [1.54, 1.807) is 6.92 Å². The number of hydrogen-bond donors (Lipinski definition) is 1. The lowest BCUT2D eigenvalue weighted by Crippen LogP contribution is -2.15. The highest BCUT2D eigenvalue weighted by atomic mass is 16.5. The van der Waals surface area contributed by atoms with Gasteiger partial charge in [-0.3, -0.25) is 4.79 Å². The summed E-state index contributed by atoms with van der Waals surface area (Å²) < 4.78 is 5.66. The predicted molar refractivity (Wildman–Crippen MR) is 70.2 cm³/mol. The third kappa shape index (κ3) is 10.3. The van der Waals surface area contributed by atoms with E-state index in [2.05, 4.69) is 6.92 Å². The lowest BCUT2D eigenvalue weighted by atomic mass is 10.0. The SMILES string of the molecule is CCCCCCCOC(C)CCC(C)C(=O)O.